The lowest BCUT2D eigenvalue weighted by Gasteiger charge is -2.18. The van der Waals surface area contributed by atoms with Crippen molar-refractivity contribution in [1.82, 2.24) is 0 Å². The molecular formula is C24H24O. The van der Waals surface area contributed by atoms with E-state index in [9.17, 15) is 4.79 Å². The molecule has 25 heavy (non-hydrogen) atoms. The van der Waals surface area contributed by atoms with E-state index in [1.165, 1.54) is 34.7 Å². The standard InChI is InChI=1S/C24H24O/c1-2-18-8-3-6-12-21(18)23(25)14-15-24(16-17-24)22-13-7-10-19-9-4-5-11-20(19)22/h3-13H,2,14-17H2,1H3. The van der Waals surface area contributed by atoms with Crippen molar-refractivity contribution in [1.29, 1.82) is 0 Å². The van der Waals surface area contributed by atoms with Crippen molar-refractivity contribution in [2.45, 2.75) is 44.4 Å². The molecule has 0 aliphatic heterocycles. The van der Waals surface area contributed by atoms with E-state index in [1.807, 2.05) is 18.2 Å². The van der Waals surface area contributed by atoms with Crippen LogP contribution in [0.5, 0.6) is 0 Å². The fourth-order valence-corrected chi connectivity index (χ4v) is 4.08. The second-order valence-electron chi connectivity index (χ2n) is 7.24. The Kier molecular flexibility index (Phi) is 4.17. The molecular weight excluding hydrogens is 304 g/mol. The summed E-state index contributed by atoms with van der Waals surface area (Å²) >= 11 is 0. The van der Waals surface area contributed by atoms with Gasteiger partial charge in [-0.2, -0.15) is 0 Å². The zero-order valence-corrected chi connectivity index (χ0v) is 14.8. The number of hydrogen-bond acceptors (Lipinski definition) is 1. The van der Waals surface area contributed by atoms with Crippen molar-refractivity contribution in [3.05, 3.63) is 83.4 Å². The molecule has 0 atom stereocenters. The van der Waals surface area contributed by atoms with Crippen molar-refractivity contribution < 1.29 is 4.79 Å². The van der Waals surface area contributed by atoms with Gasteiger partial charge in [0.2, 0.25) is 0 Å². The number of hydrogen-bond donors (Lipinski definition) is 0. The van der Waals surface area contributed by atoms with E-state index >= 15 is 0 Å². The Morgan fingerprint density at radius 3 is 2.44 bits per heavy atom. The van der Waals surface area contributed by atoms with Gasteiger partial charge in [-0.3, -0.25) is 4.79 Å². The quantitative estimate of drug-likeness (QED) is 0.500. The summed E-state index contributed by atoms with van der Waals surface area (Å²) in [5.74, 6) is 0.295. The summed E-state index contributed by atoms with van der Waals surface area (Å²) in [5.41, 5.74) is 3.72. The monoisotopic (exact) mass is 328 g/mol. The summed E-state index contributed by atoms with van der Waals surface area (Å²) in [5, 5.41) is 2.65. The van der Waals surface area contributed by atoms with Crippen LogP contribution in [0.15, 0.2) is 66.7 Å². The summed E-state index contributed by atoms with van der Waals surface area (Å²) in [6.07, 6.45) is 4.90. The molecule has 1 aliphatic rings. The minimum atomic E-state index is 0.206. The van der Waals surface area contributed by atoms with Crippen LogP contribution in [0, 0.1) is 0 Å². The molecule has 0 bridgehead atoms. The summed E-state index contributed by atoms with van der Waals surface area (Å²) in [6.45, 7) is 2.12. The maximum Gasteiger partial charge on any atom is 0.163 e. The SMILES string of the molecule is CCc1ccccc1C(=O)CCC1(c2cccc3ccccc23)CC1. The molecule has 1 saturated carbocycles. The summed E-state index contributed by atoms with van der Waals surface area (Å²) in [4.78, 5) is 12.8. The Balaban J connectivity index is 1.57. The second-order valence-corrected chi connectivity index (χ2v) is 7.24. The normalized spacial score (nSPS) is 15.2. The maximum absolute atomic E-state index is 12.8. The Morgan fingerprint density at radius 1 is 0.920 bits per heavy atom. The van der Waals surface area contributed by atoms with Gasteiger partial charge in [0.1, 0.15) is 0 Å². The first-order valence-electron chi connectivity index (χ1n) is 9.33. The molecule has 1 heteroatoms. The average molecular weight is 328 g/mol. The van der Waals surface area contributed by atoms with E-state index in [-0.39, 0.29) is 5.41 Å². The second kappa shape index (κ2) is 6.48. The van der Waals surface area contributed by atoms with Crippen LogP contribution in [-0.2, 0) is 11.8 Å². The first-order chi connectivity index (χ1) is 12.2. The molecule has 0 amide bonds. The molecule has 0 aromatic heterocycles. The molecule has 0 unspecified atom stereocenters. The molecule has 0 heterocycles. The molecule has 4 rings (SSSR count). The predicted molar refractivity (Wildman–Crippen MR) is 104 cm³/mol. The van der Waals surface area contributed by atoms with Crippen LogP contribution in [-0.4, -0.2) is 5.78 Å². The lowest BCUT2D eigenvalue weighted by Crippen LogP contribution is -2.11. The summed E-state index contributed by atoms with van der Waals surface area (Å²) < 4.78 is 0. The number of ketones is 1. The highest BCUT2D eigenvalue weighted by Gasteiger charge is 2.44. The van der Waals surface area contributed by atoms with E-state index in [0.29, 0.717) is 12.2 Å². The zero-order chi connectivity index (χ0) is 17.3. The molecule has 1 nitrogen and oxygen atoms in total. The number of fused-ring (bicyclic) bond motifs is 1. The minimum Gasteiger partial charge on any atom is -0.294 e. The lowest BCUT2D eigenvalue weighted by atomic mass is 9.85. The first-order valence-corrected chi connectivity index (χ1v) is 9.33. The van der Waals surface area contributed by atoms with Gasteiger partial charge in [-0.25, -0.2) is 0 Å². The van der Waals surface area contributed by atoms with Crippen LogP contribution in [0.25, 0.3) is 10.8 Å². The Morgan fingerprint density at radius 2 is 1.64 bits per heavy atom. The third-order valence-corrected chi connectivity index (χ3v) is 5.74. The topological polar surface area (TPSA) is 17.1 Å². The molecule has 1 fully saturated rings. The predicted octanol–water partition coefficient (Wildman–Crippen LogP) is 6.10. The van der Waals surface area contributed by atoms with Crippen LogP contribution in [0.2, 0.25) is 0 Å². The number of aryl methyl sites for hydroxylation is 1. The van der Waals surface area contributed by atoms with Crippen LogP contribution < -0.4 is 0 Å². The number of benzene rings is 3. The highest BCUT2D eigenvalue weighted by molar-refractivity contribution is 5.97. The lowest BCUT2D eigenvalue weighted by molar-refractivity contribution is 0.0975. The molecule has 0 spiro atoms. The number of Topliss-reactive ketones (excluding diaryl/α,β-unsaturated/α-hetero) is 1. The molecule has 0 N–H and O–H groups in total. The van der Waals surface area contributed by atoms with Gasteiger partial charge >= 0.3 is 0 Å². The third-order valence-electron chi connectivity index (χ3n) is 5.74. The molecule has 126 valence electrons. The highest BCUT2D eigenvalue weighted by atomic mass is 16.1. The summed E-state index contributed by atoms with van der Waals surface area (Å²) in [7, 11) is 0. The van der Waals surface area contributed by atoms with E-state index < -0.39 is 0 Å². The molecule has 3 aromatic rings. The fourth-order valence-electron chi connectivity index (χ4n) is 4.08. The minimum absolute atomic E-state index is 0.206. The van der Waals surface area contributed by atoms with Crippen LogP contribution >= 0.6 is 0 Å². The first kappa shape index (κ1) is 16.1. The van der Waals surface area contributed by atoms with Crippen molar-refractivity contribution in [3.63, 3.8) is 0 Å². The van der Waals surface area contributed by atoms with Gasteiger partial charge < -0.3 is 0 Å². The number of carbonyl (C=O) groups excluding carboxylic acids is 1. The molecule has 0 radical (unpaired) electrons. The van der Waals surface area contributed by atoms with Crippen molar-refractivity contribution in [2.24, 2.45) is 0 Å². The summed E-state index contributed by atoms with van der Waals surface area (Å²) in [6, 6.07) is 23.3. The van der Waals surface area contributed by atoms with E-state index in [0.717, 1.165) is 18.4 Å². The molecule has 0 saturated heterocycles. The Labute approximate surface area is 149 Å². The zero-order valence-electron chi connectivity index (χ0n) is 14.8. The van der Waals surface area contributed by atoms with E-state index in [1.54, 1.807) is 0 Å². The largest absolute Gasteiger partial charge is 0.294 e. The van der Waals surface area contributed by atoms with Gasteiger partial charge in [-0.1, -0.05) is 73.7 Å². The van der Waals surface area contributed by atoms with Crippen molar-refractivity contribution >= 4 is 16.6 Å². The Bertz CT molecular complexity index is 913. The van der Waals surface area contributed by atoms with E-state index in [4.69, 9.17) is 0 Å². The van der Waals surface area contributed by atoms with Gasteiger partial charge in [0.15, 0.2) is 5.78 Å². The molecule has 1 aliphatic carbocycles. The highest BCUT2D eigenvalue weighted by Crippen LogP contribution is 2.53. The average Bonchev–Trinajstić information content (AvgIpc) is 3.46. The number of rotatable bonds is 6. The van der Waals surface area contributed by atoms with Crippen LogP contribution in [0.4, 0.5) is 0 Å². The third kappa shape index (κ3) is 3.00. The fraction of sp³-hybridized carbons (Fsp3) is 0.292. The van der Waals surface area contributed by atoms with Gasteiger partial charge in [0.25, 0.3) is 0 Å². The van der Waals surface area contributed by atoms with Gasteiger partial charge in [-0.05, 0) is 53.0 Å². The number of carbonyl (C=O) groups is 1. The Hall–Kier alpha value is -2.41. The van der Waals surface area contributed by atoms with Gasteiger partial charge in [0, 0.05) is 12.0 Å². The molecule has 3 aromatic carbocycles. The van der Waals surface area contributed by atoms with Gasteiger partial charge in [0.05, 0.1) is 0 Å². The van der Waals surface area contributed by atoms with Crippen molar-refractivity contribution in [2.75, 3.05) is 0 Å². The van der Waals surface area contributed by atoms with Gasteiger partial charge in [-0.15, -0.1) is 0 Å². The van der Waals surface area contributed by atoms with Crippen LogP contribution in [0.3, 0.4) is 0 Å². The smallest absolute Gasteiger partial charge is 0.163 e. The van der Waals surface area contributed by atoms with Crippen molar-refractivity contribution in [3.8, 4) is 0 Å². The van der Waals surface area contributed by atoms with E-state index in [2.05, 4.69) is 55.5 Å². The van der Waals surface area contributed by atoms with Crippen LogP contribution in [0.1, 0.15) is 54.1 Å². The maximum atomic E-state index is 12.8.